The Morgan fingerprint density at radius 1 is 0.881 bits per heavy atom. The van der Waals surface area contributed by atoms with E-state index in [0.29, 0.717) is 19.5 Å². The van der Waals surface area contributed by atoms with Gasteiger partial charge in [-0.3, -0.25) is 4.79 Å². The van der Waals surface area contributed by atoms with Crippen LogP contribution in [0.25, 0.3) is 16.8 Å². The van der Waals surface area contributed by atoms with Crippen molar-refractivity contribution in [1.29, 1.82) is 0 Å². The van der Waals surface area contributed by atoms with Crippen LogP contribution in [-0.2, 0) is 10.2 Å². The number of hydrogen-bond donors (Lipinski definition) is 3. The number of allylic oxidation sites excluding steroid dienone is 1. The summed E-state index contributed by atoms with van der Waals surface area (Å²) in [6.45, 7) is 8.77. The Kier molecular flexibility index (Phi) is 9.19. The molecule has 4 aromatic carbocycles. The summed E-state index contributed by atoms with van der Waals surface area (Å²) in [6.07, 6.45) is 8.07. The second-order valence-electron chi connectivity index (χ2n) is 11.7. The van der Waals surface area contributed by atoms with Gasteiger partial charge in [-0.2, -0.15) is 4.58 Å². The third kappa shape index (κ3) is 6.47. The molecule has 0 aliphatic carbocycles. The molecule has 0 saturated heterocycles. The molecule has 0 radical (unpaired) electrons. The molecule has 5 nitrogen and oxygen atoms in total. The molecule has 0 bridgehead atoms. The molecule has 1 aliphatic heterocycles. The van der Waals surface area contributed by atoms with Crippen LogP contribution in [0, 0.1) is 6.92 Å². The number of unbranched alkanes of at least 4 members (excludes halogenated alkanes) is 2. The van der Waals surface area contributed by atoms with Gasteiger partial charge >= 0.3 is 0 Å². The van der Waals surface area contributed by atoms with E-state index >= 15 is 0 Å². The SMILES string of the molecule is Cc1ccc2ccccc2c1/C=C/C1=[N+](CCCCCC(=O)NCCN)c2ccc(Nc3ccccc3)cc2C1(C)C. The van der Waals surface area contributed by atoms with Crippen molar-refractivity contribution in [3.05, 3.63) is 108 Å². The van der Waals surface area contributed by atoms with Crippen molar-refractivity contribution in [2.24, 2.45) is 5.73 Å². The monoisotopic (exact) mass is 559 g/mol. The minimum absolute atomic E-state index is 0.0900. The molecule has 0 saturated carbocycles. The van der Waals surface area contributed by atoms with Crippen LogP contribution in [0.3, 0.4) is 0 Å². The largest absolute Gasteiger partial charge is 0.356 e. The van der Waals surface area contributed by atoms with Gasteiger partial charge in [0.05, 0.1) is 5.41 Å². The van der Waals surface area contributed by atoms with Gasteiger partial charge in [0, 0.05) is 55.0 Å². The van der Waals surface area contributed by atoms with E-state index in [-0.39, 0.29) is 11.3 Å². The summed E-state index contributed by atoms with van der Waals surface area (Å²) < 4.78 is 2.49. The number of carbonyl (C=O) groups excluding carboxylic acids is 1. The van der Waals surface area contributed by atoms with E-state index < -0.39 is 0 Å². The number of anilines is 2. The molecule has 0 aromatic heterocycles. The van der Waals surface area contributed by atoms with E-state index in [9.17, 15) is 4.79 Å². The van der Waals surface area contributed by atoms with Gasteiger partial charge in [-0.05, 0) is 85.9 Å². The first kappa shape index (κ1) is 29.3. The summed E-state index contributed by atoms with van der Waals surface area (Å²) in [6, 6.07) is 30.1. The second-order valence-corrected chi connectivity index (χ2v) is 11.7. The van der Waals surface area contributed by atoms with Gasteiger partial charge in [-0.25, -0.2) is 0 Å². The Bertz CT molecular complexity index is 1620. The molecule has 4 aromatic rings. The maximum atomic E-state index is 12.0. The number of benzene rings is 4. The van der Waals surface area contributed by atoms with E-state index in [1.165, 1.54) is 38.9 Å². The lowest BCUT2D eigenvalue weighted by atomic mass is 9.81. The molecule has 0 atom stereocenters. The molecule has 1 heterocycles. The fourth-order valence-electron chi connectivity index (χ4n) is 6.00. The van der Waals surface area contributed by atoms with E-state index in [0.717, 1.165) is 37.2 Å². The molecule has 1 amide bonds. The minimum Gasteiger partial charge on any atom is -0.356 e. The molecule has 216 valence electrons. The van der Waals surface area contributed by atoms with Crippen LogP contribution >= 0.6 is 0 Å². The maximum Gasteiger partial charge on any atom is 0.220 e. The smallest absolute Gasteiger partial charge is 0.220 e. The van der Waals surface area contributed by atoms with Crippen molar-refractivity contribution in [3.8, 4) is 0 Å². The van der Waals surface area contributed by atoms with Gasteiger partial charge in [0.2, 0.25) is 11.6 Å². The Morgan fingerprint density at radius 2 is 1.67 bits per heavy atom. The normalized spacial score (nSPS) is 14.0. The van der Waals surface area contributed by atoms with Crippen molar-refractivity contribution in [1.82, 2.24) is 5.32 Å². The lowest BCUT2D eigenvalue weighted by Gasteiger charge is -2.17. The Labute approximate surface area is 250 Å². The Morgan fingerprint density at radius 3 is 2.48 bits per heavy atom. The highest BCUT2D eigenvalue weighted by atomic mass is 16.1. The highest BCUT2D eigenvalue weighted by molar-refractivity contribution is 6.07. The third-order valence-electron chi connectivity index (χ3n) is 8.30. The number of amides is 1. The number of nitrogens with one attached hydrogen (secondary N) is 2. The molecular formula is C37H43N4O+. The van der Waals surface area contributed by atoms with Crippen molar-refractivity contribution < 1.29 is 9.37 Å². The summed E-state index contributed by atoms with van der Waals surface area (Å²) in [5.74, 6) is 0.0900. The molecule has 42 heavy (non-hydrogen) atoms. The predicted molar refractivity (Wildman–Crippen MR) is 177 cm³/mol. The zero-order valence-corrected chi connectivity index (χ0v) is 25.1. The number of fused-ring (bicyclic) bond motifs is 2. The first-order valence-electron chi connectivity index (χ1n) is 15.1. The number of para-hydroxylation sites is 1. The topological polar surface area (TPSA) is 70.2 Å². The summed E-state index contributed by atoms with van der Waals surface area (Å²) in [5, 5.41) is 8.98. The Balaban J connectivity index is 1.44. The van der Waals surface area contributed by atoms with Crippen molar-refractivity contribution >= 4 is 45.5 Å². The molecule has 4 N–H and O–H groups in total. The number of nitrogens with zero attached hydrogens (tertiary/aromatic N) is 1. The zero-order valence-electron chi connectivity index (χ0n) is 25.1. The van der Waals surface area contributed by atoms with Gasteiger partial charge < -0.3 is 16.4 Å². The van der Waals surface area contributed by atoms with Crippen LogP contribution in [0.5, 0.6) is 0 Å². The fourth-order valence-corrected chi connectivity index (χ4v) is 6.00. The predicted octanol–water partition coefficient (Wildman–Crippen LogP) is 7.62. The number of hydrogen-bond acceptors (Lipinski definition) is 3. The van der Waals surface area contributed by atoms with E-state index in [1.807, 2.05) is 6.07 Å². The number of carbonyl (C=O) groups is 1. The summed E-state index contributed by atoms with van der Waals surface area (Å²) >= 11 is 0. The quantitative estimate of drug-likeness (QED) is 0.124. The maximum absolute atomic E-state index is 12.0. The van der Waals surface area contributed by atoms with Gasteiger partial charge in [-0.15, -0.1) is 0 Å². The van der Waals surface area contributed by atoms with Gasteiger partial charge in [0.25, 0.3) is 0 Å². The van der Waals surface area contributed by atoms with Crippen LogP contribution in [-0.4, -0.2) is 35.8 Å². The molecule has 5 rings (SSSR count). The molecular weight excluding hydrogens is 516 g/mol. The van der Waals surface area contributed by atoms with Crippen molar-refractivity contribution in [2.45, 2.75) is 51.9 Å². The molecule has 0 fully saturated rings. The molecule has 0 unspecified atom stereocenters. The number of aryl methyl sites for hydroxylation is 1. The summed E-state index contributed by atoms with van der Waals surface area (Å²) in [4.78, 5) is 12.0. The average molecular weight is 560 g/mol. The standard InChI is InChI=1S/C37H42N4O/c1-27-17-18-28-12-9-10-15-32(28)31(27)20-22-35-37(2,3)33-26-30(40-29-13-6-4-7-14-29)19-21-34(33)41(35)25-11-5-8-16-36(42)39-24-23-38/h4,6-7,9-10,12-15,17-22,26,40H,5,8,11,16,23-25,38H2,1-3H3/p+1/b22-20+. The highest BCUT2D eigenvalue weighted by Gasteiger charge is 2.44. The van der Waals surface area contributed by atoms with E-state index in [2.05, 4.69) is 127 Å². The van der Waals surface area contributed by atoms with Gasteiger partial charge in [-0.1, -0.05) is 54.6 Å². The van der Waals surface area contributed by atoms with Gasteiger partial charge in [0.1, 0.15) is 6.54 Å². The van der Waals surface area contributed by atoms with Crippen molar-refractivity contribution in [2.75, 3.05) is 25.0 Å². The minimum atomic E-state index is -0.180. The number of nitrogens with two attached hydrogens (primary N) is 1. The van der Waals surface area contributed by atoms with Crippen LogP contribution in [0.2, 0.25) is 0 Å². The lowest BCUT2D eigenvalue weighted by Crippen LogP contribution is -2.28. The van der Waals surface area contributed by atoms with Crippen LogP contribution < -0.4 is 16.4 Å². The number of rotatable bonds is 12. The molecule has 5 heteroatoms. The fraction of sp³-hybridized carbons (Fsp3) is 0.297. The van der Waals surface area contributed by atoms with Crippen molar-refractivity contribution in [3.63, 3.8) is 0 Å². The Hall–Kier alpha value is -4.22. The van der Waals surface area contributed by atoms with Crippen LogP contribution in [0.15, 0.2) is 91.0 Å². The van der Waals surface area contributed by atoms with Crippen LogP contribution in [0.4, 0.5) is 17.1 Å². The first-order valence-corrected chi connectivity index (χ1v) is 15.1. The van der Waals surface area contributed by atoms with E-state index in [4.69, 9.17) is 5.73 Å². The molecule has 0 spiro atoms. The summed E-state index contributed by atoms with van der Waals surface area (Å²) in [5.41, 5.74) is 13.9. The zero-order chi connectivity index (χ0) is 29.5. The second kappa shape index (κ2) is 13.2. The average Bonchev–Trinajstić information content (AvgIpc) is 3.20. The third-order valence-corrected chi connectivity index (χ3v) is 8.30. The first-order chi connectivity index (χ1) is 20.4. The van der Waals surface area contributed by atoms with Gasteiger partial charge in [0.15, 0.2) is 5.71 Å². The van der Waals surface area contributed by atoms with Crippen LogP contribution in [0.1, 0.15) is 56.2 Å². The molecule has 1 aliphatic rings. The highest BCUT2D eigenvalue weighted by Crippen LogP contribution is 2.42. The van der Waals surface area contributed by atoms with E-state index in [1.54, 1.807) is 0 Å². The summed E-state index contributed by atoms with van der Waals surface area (Å²) in [7, 11) is 0. The lowest BCUT2D eigenvalue weighted by molar-refractivity contribution is -0.438.